The second-order valence-electron chi connectivity index (χ2n) is 6.64. The molecule has 148 valence electrons. The van der Waals surface area contributed by atoms with Crippen LogP contribution in [0.2, 0.25) is 0 Å². The molecule has 0 aliphatic carbocycles. The Kier molecular flexibility index (Phi) is 5.30. The van der Waals surface area contributed by atoms with Crippen molar-refractivity contribution in [2.75, 3.05) is 10.6 Å². The van der Waals surface area contributed by atoms with Gasteiger partial charge in [0.25, 0.3) is 5.91 Å². The third-order valence-electron chi connectivity index (χ3n) is 4.57. The quantitative estimate of drug-likeness (QED) is 0.673. The van der Waals surface area contributed by atoms with E-state index in [0.29, 0.717) is 18.1 Å². The highest BCUT2D eigenvalue weighted by Crippen LogP contribution is 2.16. The monoisotopic (exact) mass is 384 g/mol. The molecular formula is C18H24N8O2. The van der Waals surface area contributed by atoms with Crippen LogP contribution in [0.1, 0.15) is 41.3 Å². The lowest BCUT2D eigenvalue weighted by atomic mass is 10.2. The molecular weight excluding hydrogens is 360 g/mol. The molecule has 0 saturated carbocycles. The Morgan fingerprint density at radius 2 is 1.57 bits per heavy atom. The number of amides is 2. The number of nitrogens with one attached hydrogen (secondary N) is 2. The topological polar surface area (TPSA) is 112 Å². The Morgan fingerprint density at radius 3 is 2.07 bits per heavy atom. The highest BCUT2D eigenvalue weighted by atomic mass is 16.2. The van der Waals surface area contributed by atoms with Gasteiger partial charge in [0.1, 0.15) is 6.04 Å². The van der Waals surface area contributed by atoms with Gasteiger partial charge in [0.05, 0.1) is 0 Å². The van der Waals surface area contributed by atoms with E-state index in [1.807, 2.05) is 27.8 Å². The predicted octanol–water partition coefficient (Wildman–Crippen LogP) is 1.81. The number of hydrogen-bond acceptors (Lipinski definition) is 5. The fourth-order valence-corrected chi connectivity index (χ4v) is 2.76. The van der Waals surface area contributed by atoms with Gasteiger partial charge in [-0.3, -0.25) is 23.6 Å². The first-order valence-electron chi connectivity index (χ1n) is 8.97. The summed E-state index contributed by atoms with van der Waals surface area (Å²) < 4.78 is 4.85. The predicted molar refractivity (Wildman–Crippen MR) is 104 cm³/mol. The molecule has 0 saturated heterocycles. The van der Waals surface area contributed by atoms with Crippen LogP contribution in [0, 0.1) is 13.8 Å². The van der Waals surface area contributed by atoms with Crippen LogP contribution in [0.25, 0.3) is 0 Å². The maximum atomic E-state index is 12.6. The van der Waals surface area contributed by atoms with Crippen LogP contribution in [-0.4, -0.2) is 41.2 Å². The third-order valence-corrected chi connectivity index (χ3v) is 4.57. The number of nitrogens with zero attached hydrogens (tertiary/aromatic N) is 6. The minimum atomic E-state index is -0.555. The van der Waals surface area contributed by atoms with Crippen LogP contribution in [0.5, 0.6) is 0 Å². The van der Waals surface area contributed by atoms with E-state index in [1.54, 1.807) is 40.8 Å². The highest BCUT2D eigenvalue weighted by Gasteiger charge is 2.22. The van der Waals surface area contributed by atoms with E-state index in [9.17, 15) is 9.59 Å². The van der Waals surface area contributed by atoms with Gasteiger partial charge in [-0.1, -0.05) is 6.92 Å². The Morgan fingerprint density at radius 1 is 1.00 bits per heavy atom. The van der Waals surface area contributed by atoms with Gasteiger partial charge in [0.15, 0.2) is 17.3 Å². The zero-order chi connectivity index (χ0) is 20.4. The van der Waals surface area contributed by atoms with Crippen molar-refractivity contribution in [3.8, 4) is 0 Å². The molecule has 0 aliphatic heterocycles. The van der Waals surface area contributed by atoms with Crippen molar-refractivity contribution in [2.45, 2.75) is 33.2 Å². The summed E-state index contributed by atoms with van der Waals surface area (Å²) in [5, 5.41) is 18.2. The summed E-state index contributed by atoms with van der Waals surface area (Å²) in [5.41, 5.74) is 2.07. The Hall–Kier alpha value is -3.43. The standard InChI is InChI=1S/C18H24N8O2/c1-6-14(18(28)20-16-10-12(3)25(5)23-16)26-8-7-13(21-26)17(27)19-15-9-11(2)24(4)22-15/h7-10,14H,6H2,1-5H3,(H,19,22,27)(H,20,23,28). The smallest absolute Gasteiger partial charge is 0.277 e. The van der Waals surface area contributed by atoms with Gasteiger partial charge in [-0.25, -0.2) is 0 Å². The summed E-state index contributed by atoms with van der Waals surface area (Å²) in [4.78, 5) is 25.1. The molecule has 1 atom stereocenters. The molecule has 3 aromatic rings. The summed E-state index contributed by atoms with van der Waals surface area (Å²) in [6.45, 7) is 5.68. The van der Waals surface area contributed by atoms with Crippen molar-refractivity contribution in [1.82, 2.24) is 29.3 Å². The van der Waals surface area contributed by atoms with Crippen LogP contribution >= 0.6 is 0 Å². The maximum absolute atomic E-state index is 12.6. The van der Waals surface area contributed by atoms with E-state index in [2.05, 4.69) is 25.9 Å². The Balaban J connectivity index is 1.71. The van der Waals surface area contributed by atoms with Gasteiger partial charge >= 0.3 is 0 Å². The normalized spacial score (nSPS) is 12.0. The number of carbonyl (C=O) groups is 2. The third kappa shape index (κ3) is 3.95. The molecule has 0 fully saturated rings. The lowest BCUT2D eigenvalue weighted by Crippen LogP contribution is -2.26. The van der Waals surface area contributed by atoms with Gasteiger partial charge in [0.2, 0.25) is 5.91 Å². The molecule has 3 heterocycles. The first-order chi connectivity index (χ1) is 13.3. The molecule has 3 rings (SSSR count). The van der Waals surface area contributed by atoms with Gasteiger partial charge in [-0.2, -0.15) is 15.3 Å². The molecule has 0 bridgehead atoms. The average molecular weight is 384 g/mol. The van der Waals surface area contributed by atoms with Crippen LogP contribution in [0.4, 0.5) is 11.6 Å². The van der Waals surface area contributed by atoms with Crippen molar-refractivity contribution >= 4 is 23.5 Å². The molecule has 1 unspecified atom stereocenters. The van der Waals surface area contributed by atoms with Crippen molar-refractivity contribution in [3.05, 3.63) is 41.5 Å². The molecule has 0 aliphatic rings. The number of aromatic nitrogens is 6. The number of hydrogen-bond donors (Lipinski definition) is 2. The molecule has 3 aromatic heterocycles. The van der Waals surface area contributed by atoms with Crippen LogP contribution in [0.15, 0.2) is 24.4 Å². The van der Waals surface area contributed by atoms with E-state index < -0.39 is 6.04 Å². The zero-order valence-corrected chi connectivity index (χ0v) is 16.6. The zero-order valence-electron chi connectivity index (χ0n) is 16.6. The second kappa shape index (κ2) is 7.67. The van der Waals surface area contributed by atoms with Crippen LogP contribution < -0.4 is 10.6 Å². The van der Waals surface area contributed by atoms with E-state index in [1.165, 1.54) is 4.68 Å². The van der Waals surface area contributed by atoms with Crippen molar-refractivity contribution in [3.63, 3.8) is 0 Å². The SMILES string of the molecule is CCC(C(=O)Nc1cc(C)n(C)n1)n1ccc(C(=O)Nc2cc(C)n(C)n2)n1. The summed E-state index contributed by atoms with van der Waals surface area (Å²) in [6, 6.07) is 4.58. The summed E-state index contributed by atoms with van der Waals surface area (Å²) in [6.07, 6.45) is 2.13. The molecule has 0 aromatic carbocycles. The minimum Gasteiger partial charge on any atom is -0.307 e. The molecule has 10 nitrogen and oxygen atoms in total. The summed E-state index contributed by atoms with van der Waals surface area (Å²) in [7, 11) is 3.61. The second-order valence-corrected chi connectivity index (χ2v) is 6.64. The summed E-state index contributed by atoms with van der Waals surface area (Å²) >= 11 is 0. The van der Waals surface area contributed by atoms with Gasteiger partial charge in [-0.05, 0) is 26.3 Å². The van der Waals surface area contributed by atoms with E-state index in [4.69, 9.17) is 0 Å². The van der Waals surface area contributed by atoms with E-state index in [0.717, 1.165) is 11.4 Å². The molecule has 0 spiro atoms. The average Bonchev–Trinajstić information content (AvgIpc) is 3.30. The molecule has 28 heavy (non-hydrogen) atoms. The Bertz CT molecular complexity index is 974. The number of carbonyl (C=O) groups excluding carboxylic acids is 2. The van der Waals surface area contributed by atoms with Crippen molar-refractivity contribution < 1.29 is 9.59 Å². The number of rotatable bonds is 6. The van der Waals surface area contributed by atoms with Crippen LogP contribution in [0.3, 0.4) is 0 Å². The number of aryl methyl sites for hydroxylation is 4. The maximum Gasteiger partial charge on any atom is 0.277 e. The summed E-state index contributed by atoms with van der Waals surface area (Å²) in [5.74, 6) is 0.317. The van der Waals surface area contributed by atoms with Gasteiger partial charge < -0.3 is 10.6 Å². The lowest BCUT2D eigenvalue weighted by molar-refractivity contribution is -0.119. The highest BCUT2D eigenvalue weighted by molar-refractivity contribution is 6.02. The molecule has 2 amide bonds. The van der Waals surface area contributed by atoms with Crippen LogP contribution in [-0.2, 0) is 18.9 Å². The molecule has 0 radical (unpaired) electrons. The largest absolute Gasteiger partial charge is 0.307 e. The fraction of sp³-hybridized carbons (Fsp3) is 0.389. The van der Waals surface area contributed by atoms with Crippen molar-refractivity contribution in [1.29, 1.82) is 0 Å². The minimum absolute atomic E-state index is 0.211. The van der Waals surface area contributed by atoms with E-state index >= 15 is 0 Å². The molecule has 10 heteroatoms. The van der Waals surface area contributed by atoms with Crippen molar-refractivity contribution in [2.24, 2.45) is 14.1 Å². The molecule has 2 N–H and O–H groups in total. The van der Waals surface area contributed by atoms with Gasteiger partial charge in [0, 0.05) is 43.8 Å². The Labute approximate surface area is 162 Å². The van der Waals surface area contributed by atoms with E-state index in [-0.39, 0.29) is 17.5 Å². The first kappa shape index (κ1) is 19.3. The fourth-order valence-electron chi connectivity index (χ4n) is 2.76. The number of anilines is 2. The lowest BCUT2D eigenvalue weighted by Gasteiger charge is -2.14. The van der Waals surface area contributed by atoms with Gasteiger partial charge in [-0.15, -0.1) is 0 Å². The first-order valence-corrected chi connectivity index (χ1v) is 8.97.